The van der Waals surface area contributed by atoms with Crippen LogP contribution >= 0.6 is 0 Å². The molecule has 0 spiro atoms. The number of benzene rings is 1. The number of H-pyrrole nitrogens is 2. The fourth-order valence-corrected chi connectivity index (χ4v) is 3.27. The highest BCUT2D eigenvalue weighted by Gasteiger charge is 2.33. The summed E-state index contributed by atoms with van der Waals surface area (Å²) >= 11 is 0. The standard InChI is InChI=1S/C17H17FN4O/c1-10-9-19-16(20-10)15-3-2-6-22(15)17(23)14-7-11-4-5-12(18)8-13(11)21-14/h4-5,7-9,15,21H,2-3,6H2,1H3,(H,19,20). The molecule has 1 atom stereocenters. The second-order valence-electron chi connectivity index (χ2n) is 6.02. The van der Waals surface area contributed by atoms with Crippen LogP contribution in [0.5, 0.6) is 0 Å². The number of rotatable bonds is 2. The molecule has 0 saturated carbocycles. The number of carbonyl (C=O) groups is 1. The Morgan fingerprint density at radius 1 is 1.35 bits per heavy atom. The molecule has 4 rings (SSSR count). The smallest absolute Gasteiger partial charge is 0.270 e. The minimum Gasteiger partial charge on any atom is -0.350 e. The number of carbonyl (C=O) groups excluding carboxylic acids is 1. The normalized spacial score (nSPS) is 18.0. The number of nitrogens with zero attached hydrogens (tertiary/aromatic N) is 2. The Morgan fingerprint density at radius 2 is 2.22 bits per heavy atom. The molecule has 1 saturated heterocycles. The van der Waals surface area contributed by atoms with Gasteiger partial charge in [0.15, 0.2) is 0 Å². The lowest BCUT2D eigenvalue weighted by atomic mass is 10.2. The van der Waals surface area contributed by atoms with Crippen molar-refractivity contribution in [2.75, 3.05) is 6.54 Å². The van der Waals surface area contributed by atoms with Gasteiger partial charge in [-0.1, -0.05) is 0 Å². The molecule has 6 heteroatoms. The average Bonchev–Trinajstić information content (AvgIpc) is 3.23. The van der Waals surface area contributed by atoms with Gasteiger partial charge in [-0.3, -0.25) is 4.79 Å². The van der Waals surface area contributed by atoms with Crippen molar-refractivity contribution in [3.63, 3.8) is 0 Å². The Hall–Kier alpha value is -2.63. The van der Waals surface area contributed by atoms with Gasteiger partial charge in [0.05, 0.1) is 6.04 Å². The van der Waals surface area contributed by atoms with Gasteiger partial charge in [0, 0.05) is 29.3 Å². The molecular weight excluding hydrogens is 295 g/mol. The minimum atomic E-state index is -0.316. The molecule has 1 aliphatic rings. The molecule has 2 aromatic heterocycles. The number of halogens is 1. The molecule has 0 aliphatic carbocycles. The number of hydrogen-bond donors (Lipinski definition) is 2. The van der Waals surface area contributed by atoms with Crippen LogP contribution in [0.15, 0.2) is 30.5 Å². The van der Waals surface area contributed by atoms with Gasteiger partial charge in [-0.2, -0.15) is 0 Å². The largest absolute Gasteiger partial charge is 0.350 e. The fraction of sp³-hybridized carbons (Fsp3) is 0.294. The van der Waals surface area contributed by atoms with Gasteiger partial charge in [0.25, 0.3) is 5.91 Å². The van der Waals surface area contributed by atoms with Crippen molar-refractivity contribution in [1.82, 2.24) is 19.9 Å². The summed E-state index contributed by atoms with van der Waals surface area (Å²) in [5.74, 6) is 0.442. The van der Waals surface area contributed by atoms with Crippen LogP contribution in [0.4, 0.5) is 4.39 Å². The molecular formula is C17H17FN4O. The molecule has 3 aromatic rings. The quantitative estimate of drug-likeness (QED) is 0.762. The van der Waals surface area contributed by atoms with Crippen LogP contribution in [-0.2, 0) is 0 Å². The van der Waals surface area contributed by atoms with E-state index < -0.39 is 0 Å². The van der Waals surface area contributed by atoms with Crippen molar-refractivity contribution < 1.29 is 9.18 Å². The van der Waals surface area contributed by atoms with Gasteiger partial charge < -0.3 is 14.9 Å². The minimum absolute atomic E-state index is 0.0284. The van der Waals surface area contributed by atoms with Crippen LogP contribution in [0.1, 0.15) is 40.9 Å². The maximum Gasteiger partial charge on any atom is 0.270 e. The van der Waals surface area contributed by atoms with E-state index >= 15 is 0 Å². The highest BCUT2D eigenvalue weighted by molar-refractivity contribution is 5.98. The molecule has 1 amide bonds. The summed E-state index contributed by atoms with van der Waals surface area (Å²) in [6.07, 6.45) is 3.63. The zero-order valence-corrected chi connectivity index (χ0v) is 12.8. The lowest BCUT2D eigenvalue weighted by Gasteiger charge is -2.22. The third-order valence-corrected chi connectivity index (χ3v) is 4.37. The molecule has 23 heavy (non-hydrogen) atoms. The van der Waals surface area contributed by atoms with E-state index in [1.54, 1.807) is 18.3 Å². The summed E-state index contributed by atoms with van der Waals surface area (Å²) in [6.45, 7) is 2.65. The van der Waals surface area contributed by atoms with Gasteiger partial charge >= 0.3 is 0 Å². The van der Waals surface area contributed by atoms with E-state index in [0.717, 1.165) is 29.7 Å². The maximum absolute atomic E-state index is 13.3. The number of amides is 1. The van der Waals surface area contributed by atoms with Crippen LogP contribution in [0.25, 0.3) is 10.9 Å². The number of likely N-dealkylation sites (tertiary alicyclic amines) is 1. The van der Waals surface area contributed by atoms with Crippen molar-refractivity contribution in [3.8, 4) is 0 Å². The van der Waals surface area contributed by atoms with Gasteiger partial charge in [0.1, 0.15) is 17.3 Å². The molecule has 1 fully saturated rings. The molecule has 0 bridgehead atoms. The van der Waals surface area contributed by atoms with Gasteiger partial charge in [-0.25, -0.2) is 9.37 Å². The summed E-state index contributed by atoms with van der Waals surface area (Å²) < 4.78 is 13.3. The van der Waals surface area contributed by atoms with E-state index in [-0.39, 0.29) is 17.8 Å². The summed E-state index contributed by atoms with van der Waals surface area (Å²) in [5, 5.41) is 0.833. The number of hydrogen-bond acceptors (Lipinski definition) is 2. The molecule has 5 nitrogen and oxygen atoms in total. The molecule has 1 aromatic carbocycles. The maximum atomic E-state index is 13.3. The molecule has 3 heterocycles. The number of nitrogens with one attached hydrogen (secondary N) is 2. The van der Waals surface area contributed by atoms with Crippen molar-refractivity contribution in [2.24, 2.45) is 0 Å². The molecule has 118 valence electrons. The van der Waals surface area contributed by atoms with E-state index in [2.05, 4.69) is 15.0 Å². The van der Waals surface area contributed by atoms with Crippen molar-refractivity contribution >= 4 is 16.8 Å². The fourth-order valence-electron chi connectivity index (χ4n) is 3.27. The van der Waals surface area contributed by atoms with Crippen molar-refractivity contribution in [2.45, 2.75) is 25.8 Å². The highest BCUT2D eigenvalue weighted by atomic mass is 19.1. The zero-order chi connectivity index (χ0) is 16.0. The van der Waals surface area contributed by atoms with E-state index in [0.29, 0.717) is 17.8 Å². The Morgan fingerprint density at radius 3 is 3.00 bits per heavy atom. The first-order valence-corrected chi connectivity index (χ1v) is 7.72. The number of aromatic amines is 2. The van der Waals surface area contributed by atoms with Crippen LogP contribution in [-0.4, -0.2) is 32.3 Å². The van der Waals surface area contributed by atoms with Crippen LogP contribution in [0.3, 0.4) is 0 Å². The summed E-state index contributed by atoms with van der Waals surface area (Å²) in [6, 6.07) is 6.23. The lowest BCUT2D eigenvalue weighted by molar-refractivity contribution is 0.0725. The predicted octanol–water partition coefficient (Wildman–Crippen LogP) is 3.32. The number of aromatic nitrogens is 3. The monoisotopic (exact) mass is 312 g/mol. The molecule has 1 aliphatic heterocycles. The van der Waals surface area contributed by atoms with Gasteiger partial charge in [0.2, 0.25) is 0 Å². The van der Waals surface area contributed by atoms with E-state index in [1.807, 2.05) is 11.8 Å². The first-order valence-electron chi connectivity index (χ1n) is 7.72. The van der Waals surface area contributed by atoms with Crippen molar-refractivity contribution in [1.29, 1.82) is 0 Å². The lowest BCUT2D eigenvalue weighted by Crippen LogP contribution is -2.31. The first kappa shape index (κ1) is 14.0. The average molecular weight is 312 g/mol. The number of aryl methyl sites for hydroxylation is 1. The Kier molecular flexibility index (Phi) is 3.18. The number of fused-ring (bicyclic) bond motifs is 1. The van der Waals surface area contributed by atoms with Crippen LogP contribution < -0.4 is 0 Å². The first-order chi connectivity index (χ1) is 11.1. The summed E-state index contributed by atoms with van der Waals surface area (Å²) in [4.78, 5) is 25.3. The Labute approximate surface area is 132 Å². The molecule has 0 radical (unpaired) electrons. The number of imidazole rings is 1. The van der Waals surface area contributed by atoms with Crippen molar-refractivity contribution in [3.05, 3.63) is 53.5 Å². The van der Waals surface area contributed by atoms with E-state index in [1.165, 1.54) is 12.1 Å². The second kappa shape index (κ2) is 5.22. The predicted molar refractivity (Wildman–Crippen MR) is 84.6 cm³/mol. The second-order valence-corrected chi connectivity index (χ2v) is 6.02. The summed E-state index contributed by atoms with van der Waals surface area (Å²) in [5.41, 5.74) is 2.11. The summed E-state index contributed by atoms with van der Waals surface area (Å²) in [7, 11) is 0. The van der Waals surface area contributed by atoms with Gasteiger partial charge in [-0.05, 0) is 44.0 Å². The third kappa shape index (κ3) is 2.40. The Balaban J connectivity index is 1.66. The van der Waals surface area contributed by atoms with Crippen LogP contribution in [0, 0.1) is 12.7 Å². The third-order valence-electron chi connectivity index (χ3n) is 4.37. The highest BCUT2D eigenvalue weighted by Crippen LogP contribution is 2.32. The molecule has 2 N–H and O–H groups in total. The SMILES string of the molecule is Cc1cnc(C2CCCN2C(=O)c2cc3ccc(F)cc3[nH]2)[nH]1. The Bertz CT molecular complexity index is 882. The zero-order valence-electron chi connectivity index (χ0n) is 12.8. The van der Waals surface area contributed by atoms with E-state index in [4.69, 9.17) is 0 Å². The van der Waals surface area contributed by atoms with Gasteiger partial charge in [-0.15, -0.1) is 0 Å². The molecule has 1 unspecified atom stereocenters. The van der Waals surface area contributed by atoms with E-state index in [9.17, 15) is 9.18 Å². The topological polar surface area (TPSA) is 64.8 Å². The van der Waals surface area contributed by atoms with Crippen LogP contribution in [0.2, 0.25) is 0 Å².